The molecule has 4 aromatic rings. The van der Waals surface area contributed by atoms with Gasteiger partial charge in [0.1, 0.15) is 5.75 Å². The van der Waals surface area contributed by atoms with Gasteiger partial charge in [-0.25, -0.2) is 0 Å². The number of benzene rings is 3. The zero-order valence-corrected chi connectivity index (χ0v) is 26.7. The number of pyridine rings is 1. The molecule has 1 aromatic heterocycles. The number of nitrogens with one attached hydrogen (secondary N) is 3. The predicted octanol–water partition coefficient (Wildman–Crippen LogP) is 5.95. The smallest absolute Gasteiger partial charge is 0.251 e. The van der Waals surface area contributed by atoms with E-state index in [-0.39, 0.29) is 5.91 Å². The Morgan fingerprint density at radius 1 is 0.889 bits per heavy atom. The molecular formula is C37H47N5O3. The predicted molar refractivity (Wildman–Crippen MR) is 182 cm³/mol. The fourth-order valence-electron chi connectivity index (χ4n) is 5.42. The lowest BCUT2D eigenvalue weighted by atomic mass is 10.00. The molecule has 0 aliphatic carbocycles. The Balaban J connectivity index is 1.38. The molecule has 8 heteroatoms. The van der Waals surface area contributed by atoms with Crippen molar-refractivity contribution in [2.24, 2.45) is 0 Å². The molecule has 0 radical (unpaired) electrons. The van der Waals surface area contributed by atoms with Crippen molar-refractivity contribution in [1.29, 1.82) is 0 Å². The number of phenolic OH excluding ortho intramolecular Hbond substituents is 1. The van der Waals surface area contributed by atoms with Crippen LogP contribution in [0.3, 0.4) is 0 Å². The van der Waals surface area contributed by atoms with Crippen LogP contribution in [-0.2, 0) is 19.5 Å². The molecule has 5 N–H and O–H groups in total. The number of aliphatic hydroxyl groups is 1. The first-order valence-electron chi connectivity index (χ1n) is 15.9. The molecule has 0 aliphatic heterocycles. The zero-order chi connectivity index (χ0) is 32.0. The number of nitrogens with zero attached hydrogens (tertiary/aromatic N) is 2. The highest BCUT2D eigenvalue weighted by atomic mass is 16.3. The SMILES string of the molecule is CCCN(CCC)Cc1cc(CNC[C@@H](O)[C@H](Cc2ccccc2)NC(=O)c2ccc(Nc3ccnc(C)c3)cc2)ccc1O. The van der Waals surface area contributed by atoms with Gasteiger partial charge in [-0.3, -0.25) is 14.7 Å². The van der Waals surface area contributed by atoms with Gasteiger partial charge in [-0.15, -0.1) is 0 Å². The second-order valence-corrected chi connectivity index (χ2v) is 11.6. The van der Waals surface area contributed by atoms with Crippen LogP contribution in [0.4, 0.5) is 11.4 Å². The van der Waals surface area contributed by atoms with Crippen LogP contribution in [0.25, 0.3) is 0 Å². The molecule has 0 bridgehead atoms. The number of aliphatic hydroxyl groups excluding tert-OH is 1. The van der Waals surface area contributed by atoms with E-state index >= 15 is 0 Å². The third kappa shape index (κ3) is 10.7. The van der Waals surface area contributed by atoms with Gasteiger partial charge in [-0.05, 0) is 98.9 Å². The van der Waals surface area contributed by atoms with Crippen LogP contribution < -0.4 is 16.0 Å². The standard InChI is InChI=1S/C37H47N5O3/c1-4-19-42(20-5-2)26-31-22-29(11-16-35(31)43)24-38-25-36(44)34(23-28-9-7-6-8-10-28)41-37(45)30-12-14-32(15-13-30)40-33-17-18-39-27(3)21-33/h6-18,21-22,34,36,38,43-44H,4-5,19-20,23-26H2,1-3H3,(H,39,40)(H,41,45)/t34-,36+/m0/s1. The van der Waals surface area contributed by atoms with Crippen LogP contribution in [0, 0.1) is 6.92 Å². The molecule has 8 nitrogen and oxygen atoms in total. The van der Waals surface area contributed by atoms with Crippen LogP contribution in [0.2, 0.25) is 0 Å². The highest BCUT2D eigenvalue weighted by Gasteiger charge is 2.22. The number of carbonyl (C=O) groups excluding carboxylic acids is 1. The van der Waals surface area contributed by atoms with E-state index < -0.39 is 12.1 Å². The van der Waals surface area contributed by atoms with Gasteiger partial charge in [0.25, 0.3) is 5.91 Å². The Morgan fingerprint density at radius 2 is 1.62 bits per heavy atom. The molecule has 0 fully saturated rings. The molecule has 0 spiro atoms. The van der Waals surface area contributed by atoms with E-state index in [1.807, 2.05) is 73.7 Å². The van der Waals surface area contributed by atoms with Crippen molar-refractivity contribution in [3.8, 4) is 5.75 Å². The number of hydrogen-bond donors (Lipinski definition) is 5. The van der Waals surface area contributed by atoms with E-state index in [4.69, 9.17) is 0 Å². The van der Waals surface area contributed by atoms with Gasteiger partial charge in [0.05, 0.1) is 12.1 Å². The maximum absolute atomic E-state index is 13.3. The second-order valence-electron chi connectivity index (χ2n) is 11.6. The summed E-state index contributed by atoms with van der Waals surface area (Å²) >= 11 is 0. The molecular weight excluding hydrogens is 562 g/mol. The molecule has 2 atom stereocenters. The zero-order valence-electron chi connectivity index (χ0n) is 26.7. The minimum Gasteiger partial charge on any atom is -0.508 e. The van der Waals surface area contributed by atoms with Gasteiger partial charge in [-0.1, -0.05) is 50.2 Å². The number of amides is 1. The number of aromatic hydroxyl groups is 1. The lowest BCUT2D eigenvalue weighted by Gasteiger charge is -2.25. The Hall–Kier alpha value is -4.24. The first kappa shape index (κ1) is 33.6. The minimum atomic E-state index is -0.828. The largest absolute Gasteiger partial charge is 0.508 e. The minimum absolute atomic E-state index is 0.242. The summed E-state index contributed by atoms with van der Waals surface area (Å²) in [5.74, 6) is 0.0612. The van der Waals surface area contributed by atoms with Crippen LogP contribution in [0.5, 0.6) is 5.75 Å². The average Bonchev–Trinajstić information content (AvgIpc) is 3.03. The molecule has 45 heavy (non-hydrogen) atoms. The summed E-state index contributed by atoms with van der Waals surface area (Å²) in [5, 5.41) is 31.5. The molecule has 0 aliphatic rings. The fourth-order valence-corrected chi connectivity index (χ4v) is 5.42. The number of carbonyl (C=O) groups is 1. The van der Waals surface area contributed by atoms with Crippen LogP contribution in [-0.4, -0.2) is 57.8 Å². The lowest BCUT2D eigenvalue weighted by Crippen LogP contribution is -2.48. The number of phenols is 1. The van der Waals surface area contributed by atoms with Gasteiger partial charge in [0.15, 0.2) is 0 Å². The average molecular weight is 610 g/mol. The summed E-state index contributed by atoms with van der Waals surface area (Å²) in [6, 6.07) is 26.2. The molecule has 1 amide bonds. The van der Waals surface area contributed by atoms with Crippen molar-refractivity contribution in [3.63, 3.8) is 0 Å². The number of rotatable bonds is 17. The Labute approximate surface area is 267 Å². The van der Waals surface area contributed by atoms with Crippen molar-refractivity contribution in [2.75, 3.05) is 25.0 Å². The van der Waals surface area contributed by atoms with Crippen LogP contribution >= 0.6 is 0 Å². The molecule has 0 saturated carbocycles. The summed E-state index contributed by atoms with van der Waals surface area (Å²) in [4.78, 5) is 19.9. The monoisotopic (exact) mass is 609 g/mol. The van der Waals surface area contributed by atoms with Crippen molar-refractivity contribution in [1.82, 2.24) is 20.5 Å². The summed E-state index contributed by atoms with van der Waals surface area (Å²) in [5.41, 5.74) is 6.19. The number of hydrogen-bond acceptors (Lipinski definition) is 7. The Kier molecular flexibility index (Phi) is 12.9. The summed E-state index contributed by atoms with van der Waals surface area (Å²) in [7, 11) is 0. The van der Waals surface area contributed by atoms with E-state index in [0.29, 0.717) is 37.4 Å². The number of aryl methyl sites for hydroxylation is 1. The molecule has 0 unspecified atom stereocenters. The third-order valence-corrected chi connectivity index (χ3v) is 7.71. The van der Waals surface area contributed by atoms with Gasteiger partial charge >= 0.3 is 0 Å². The molecule has 4 rings (SSSR count). The van der Waals surface area contributed by atoms with Gasteiger partial charge in [-0.2, -0.15) is 0 Å². The number of aromatic nitrogens is 1. The summed E-state index contributed by atoms with van der Waals surface area (Å²) in [6.07, 6.45) is 3.55. The van der Waals surface area contributed by atoms with Crippen molar-refractivity contribution < 1.29 is 15.0 Å². The van der Waals surface area contributed by atoms with Crippen molar-refractivity contribution in [3.05, 3.63) is 119 Å². The Bertz CT molecular complexity index is 1470. The first-order chi connectivity index (χ1) is 21.8. The van der Waals surface area contributed by atoms with E-state index in [0.717, 1.165) is 59.7 Å². The first-order valence-corrected chi connectivity index (χ1v) is 15.9. The third-order valence-electron chi connectivity index (χ3n) is 7.71. The van der Waals surface area contributed by atoms with E-state index in [1.54, 1.807) is 24.4 Å². The normalized spacial score (nSPS) is 12.6. The Morgan fingerprint density at radius 3 is 2.31 bits per heavy atom. The van der Waals surface area contributed by atoms with Gasteiger partial charge in [0.2, 0.25) is 0 Å². The van der Waals surface area contributed by atoms with E-state index in [1.165, 1.54) is 0 Å². The number of anilines is 2. The van der Waals surface area contributed by atoms with Crippen molar-refractivity contribution in [2.45, 2.75) is 65.3 Å². The van der Waals surface area contributed by atoms with Crippen LogP contribution in [0.1, 0.15) is 59.4 Å². The summed E-state index contributed by atoms with van der Waals surface area (Å²) in [6.45, 7) is 9.78. The summed E-state index contributed by atoms with van der Waals surface area (Å²) < 4.78 is 0. The lowest BCUT2D eigenvalue weighted by molar-refractivity contribution is 0.0830. The second kappa shape index (κ2) is 17.3. The molecule has 0 saturated heterocycles. The fraction of sp³-hybridized carbons (Fsp3) is 0.351. The quantitative estimate of drug-likeness (QED) is 0.101. The van der Waals surface area contributed by atoms with E-state index in [9.17, 15) is 15.0 Å². The molecule has 3 aromatic carbocycles. The highest BCUT2D eigenvalue weighted by Crippen LogP contribution is 2.21. The topological polar surface area (TPSA) is 110 Å². The molecule has 1 heterocycles. The van der Waals surface area contributed by atoms with E-state index in [2.05, 4.69) is 39.7 Å². The molecule has 238 valence electrons. The maximum atomic E-state index is 13.3. The maximum Gasteiger partial charge on any atom is 0.251 e. The van der Waals surface area contributed by atoms with Gasteiger partial charge in [0, 0.05) is 54.0 Å². The van der Waals surface area contributed by atoms with Gasteiger partial charge < -0.3 is 26.2 Å². The van der Waals surface area contributed by atoms with Crippen LogP contribution in [0.15, 0.2) is 91.1 Å². The van der Waals surface area contributed by atoms with Crippen molar-refractivity contribution >= 4 is 17.3 Å². The highest BCUT2D eigenvalue weighted by molar-refractivity contribution is 5.94.